The Kier molecular flexibility index (Phi) is 5.79. The Hall–Kier alpha value is -2.95. The van der Waals surface area contributed by atoms with Gasteiger partial charge >= 0.3 is 0 Å². The van der Waals surface area contributed by atoms with Crippen LogP contribution >= 0.6 is 0 Å². The molecule has 3 aromatic rings. The molecular formula is C21H25N5. The van der Waals surface area contributed by atoms with Crippen molar-refractivity contribution < 1.29 is 0 Å². The van der Waals surface area contributed by atoms with Crippen LogP contribution in [0.5, 0.6) is 0 Å². The third kappa shape index (κ3) is 4.36. The van der Waals surface area contributed by atoms with Crippen LogP contribution in [0.1, 0.15) is 18.1 Å². The molecule has 5 nitrogen and oxygen atoms in total. The van der Waals surface area contributed by atoms with E-state index in [4.69, 9.17) is 4.98 Å². The van der Waals surface area contributed by atoms with E-state index < -0.39 is 0 Å². The quantitative estimate of drug-likeness (QED) is 0.646. The van der Waals surface area contributed by atoms with Gasteiger partial charge in [-0.15, -0.1) is 0 Å². The van der Waals surface area contributed by atoms with Gasteiger partial charge in [0, 0.05) is 44.4 Å². The maximum Gasteiger partial charge on any atom is 0.231 e. The van der Waals surface area contributed by atoms with Crippen molar-refractivity contribution in [3.8, 4) is 0 Å². The number of rotatable bonds is 7. The van der Waals surface area contributed by atoms with Crippen LogP contribution in [0.25, 0.3) is 0 Å². The van der Waals surface area contributed by atoms with E-state index in [0.29, 0.717) is 0 Å². The van der Waals surface area contributed by atoms with Gasteiger partial charge in [0.25, 0.3) is 0 Å². The number of benzene rings is 1. The molecule has 0 aliphatic carbocycles. The Bertz CT molecular complexity index is 835. The Labute approximate surface area is 155 Å². The maximum atomic E-state index is 4.79. The van der Waals surface area contributed by atoms with Crippen LogP contribution in [0.3, 0.4) is 0 Å². The van der Waals surface area contributed by atoms with Gasteiger partial charge in [-0.25, -0.2) is 4.98 Å². The first-order chi connectivity index (χ1) is 12.7. The average molecular weight is 347 g/mol. The second-order valence-electron chi connectivity index (χ2n) is 6.33. The van der Waals surface area contributed by atoms with E-state index in [9.17, 15) is 0 Å². The van der Waals surface area contributed by atoms with Gasteiger partial charge in [0.2, 0.25) is 5.95 Å². The zero-order chi connectivity index (χ0) is 18.4. The number of nitrogens with zero attached hydrogens (tertiary/aromatic N) is 5. The second kappa shape index (κ2) is 8.43. The fourth-order valence-corrected chi connectivity index (χ4v) is 2.88. The van der Waals surface area contributed by atoms with Crippen molar-refractivity contribution in [3.63, 3.8) is 0 Å². The molecule has 2 aromatic heterocycles. The van der Waals surface area contributed by atoms with Gasteiger partial charge in [-0.3, -0.25) is 4.98 Å². The highest BCUT2D eigenvalue weighted by Crippen LogP contribution is 2.24. The highest BCUT2D eigenvalue weighted by atomic mass is 15.3. The Balaban J connectivity index is 1.76. The highest BCUT2D eigenvalue weighted by molar-refractivity contribution is 5.59. The lowest BCUT2D eigenvalue weighted by Crippen LogP contribution is -2.24. The van der Waals surface area contributed by atoms with Crippen molar-refractivity contribution in [1.82, 2.24) is 15.0 Å². The molecule has 0 saturated carbocycles. The molecule has 0 radical (unpaired) electrons. The van der Waals surface area contributed by atoms with E-state index in [1.807, 2.05) is 24.7 Å². The van der Waals surface area contributed by atoms with E-state index in [-0.39, 0.29) is 0 Å². The largest absolute Gasteiger partial charge is 0.359 e. The molecule has 2 heterocycles. The molecule has 0 unspecified atom stereocenters. The van der Waals surface area contributed by atoms with E-state index in [1.54, 1.807) is 0 Å². The second-order valence-corrected chi connectivity index (χ2v) is 6.33. The zero-order valence-electron chi connectivity index (χ0n) is 15.6. The van der Waals surface area contributed by atoms with Crippen LogP contribution < -0.4 is 9.80 Å². The third-order valence-corrected chi connectivity index (χ3v) is 4.38. The molecule has 1 aromatic carbocycles. The number of likely N-dealkylation sites (N-methyl/N-ethyl adjacent to an activating group) is 1. The minimum Gasteiger partial charge on any atom is -0.359 e. The van der Waals surface area contributed by atoms with Crippen LogP contribution in [0.2, 0.25) is 0 Å². The van der Waals surface area contributed by atoms with Gasteiger partial charge in [-0.05, 0) is 61.7 Å². The lowest BCUT2D eigenvalue weighted by atomic mass is 10.2. The topological polar surface area (TPSA) is 45.2 Å². The van der Waals surface area contributed by atoms with Crippen molar-refractivity contribution >= 4 is 17.5 Å². The minimum absolute atomic E-state index is 0.728. The minimum atomic E-state index is 0.728. The summed E-state index contributed by atoms with van der Waals surface area (Å²) in [5.74, 6) is 1.65. The van der Waals surface area contributed by atoms with Gasteiger partial charge in [-0.2, -0.15) is 4.98 Å². The average Bonchev–Trinajstić information content (AvgIpc) is 2.68. The fraction of sp³-hybridized carbons (Fsp3) is 0.286. The molecular weight excluding hydrogens is 322 g/mol. The molecule has 0 amide bonds. The summed E-state index contributed by atoms with van der Waals surface area (Å²) in [5.41, 5.74) is 3.62. The standard InChI is InChI=1S/C21H25N5/c1-4-26(19-7-5-6-17(2)16-19)21-23-14-10-20(24-21)25(3)15-11-18-8-12-22-13-9-18/h5-10,12-14,16H,4,11,15H2,1-3H3. The van der Waals surface area contributed by atoms with Crippen molar-refractivity contribution in [2.45, 2.75) is 20.3 Å². The first-order valence-electron chi connectivity index (χ1n) is 8.94. The number of anilines is 3. The summed E-state index contributed by atoms with van der Waals surface area (Å²) in [6, 6.07) is 14.5. The fourth-order valence-electron chi connectivity index (χ4n) is 2.88. The molecule has 0 fully saturated rings. The lowest BCUT2D eigenvalue weighted by Gasteiger charge is -2.24. The smallest absolute Gasteiger partial charge is 0.231 e. The lowest BCUT2D eigenvalue weighted by molar-refractivity contribution is 0.846. The molecule has 134 valence electrons. The number of hydrogen-bond donors (Lipinski definition) is 0. The van der Waals surface area contributed by atoms with Gasteiger partial charge < -0.3 is 9.80 Å². The van der Waals surface area contributed by atoms with E-state index in [1.165, 1.54) is 11.1 Å². The Morgan fingerprint density at radius 2 is 1.81 bits per heavy atom. The monoisotopic (exact) mass is 347 g/mol. The Morgan fingerprint density at radius 1 is 1.00 bits per heavy atom. The normalized spacial score (nSPS) is 10.6. The van der Waals surface area contributed by atoms with Gasteiger partial charge in [0.15, 0.2) is 0 Å². The molecule has 0 atom stereocenters. The first-order valence-corrected chi connectivity index (χ1v) is 8.94. The highest BCUT2D eigenvalue weighted by Gasteiger charge is 2.12. The summed E-state index contributed by atoms with van der Waals surface area (Å²) in [4.78, 5) is 17.6. The van der Waals surface area contributed by atoms with Crippen LogP contribution in [0.15, 0.2) is 61.1 Å². The molecule has 26 heavy (non-hydrogen) atoms. The van der Waals surface area contributed by atoms with E-state index in [2.05, 4.69) is 77.1 Å². The molecule has 0 bridgehead atoms. The summed E-state index contributed by atoms with van der Waals surface area (Å²) < 4.78 is 0. The predicted octanol–water partition coefficient (Wildman–Crippen LogP) is 4.02. The van der Waals surface area contributed by atoms with Gasteiger partial charge in [-0.1, -0.05) is 12.1 Å². The van der Waals surface area contributed by atoms with Gasteiger partial charge in [0.1, 0.15) is 5.82 Å². The molecule has 0 aliphatic rings. The van der Waals surface area contributed by atoms with E-state index in [0.717, 1.165) is 37.0 Å². The van der Waals surface area contributed by atoms with Crippen LogP contribution in [0, 0.1) is 6.92 Å². The SMILES string of the molecule is CCN(c1cccc(C)c1)c1nccc(N(C)CCc2ccncc2)n1. The molecule has 0 N–H and O–H groups in total. The first kappa shape index (κ1) is 17.9. The molecule has 3 rings (SSSR count). The number of aromatic nitrogens is 3. The van der Waals surface area contributed by atoms with Crippen molar-refractivity contribution in [1.29, 1.82) is 0 Å². The number of pyridine rings is 1. The molecule has 5 heteroatoms. The summed E-state index contributed by atoms with van der Waals surface area (Å²) in [6.07, 6.45) is 6.45. The summed E-state index contributed by atoms with van der Waals surface area (Å²) >= 11 is 0. The van der Waals surface area contributed by atoms with Crippen LogP contribution in [-0.4, -0.2) is 35.1 Å². The summed E-state index contributed by atoms with van der Waals surface area (Å²) in [7, 11) is 2.07. The van der Waals surface area contributed by atoms with Crippen molar-refractivity contribution in [3.05, 3.63) is 72.2 Å². The van der Waals surface area contributed by atoms with Crippen molar-refractivity contribution in [2.75, 3.05) is 29.9 Å². The van der Waals surface area contributed by atoms with Crippen molar-refractivity contribution in [2.24, 2.45) is 0 Å². The zero-order valence-corrected chi connectivity index (χ0v) is 15.6. The third-order valence-electron chi connectivity index (χ3n) is 4.38. The molecule has 0 aliphatic heterocycles. The van der Waals surface area contributed by atoms with Crippen LogP contribution in [0.4, 0.5) is 17.5 Å². The molecule has 0 saturated heterocycles. The number of hydrogen-bond acceptors (Lipinski definition) is 5. The molecule has 0 spiro atoms. The number of aryl methyl sites for hydroxylation is 1. The maximum absolute atomic E-state index is 4.79. The summed E-state index contributed by atoms with van der Waals surface area (Å²) in [6.45, 7) is 5.91. The Morgan fingerprint density at radius 3 is 2.54 bits per heavy atom. The van der Waals surface area contributed by atoms with E-state index >= 15 is 0 Å². The van der Waals surface area contributed by atoms with Gasteiger partial charge in [0.05, 0.1) is 0 Å². The van der Waals surface area contributed by atoms with Crippen LogP contribution in [-0.2, 0) is 6.42 Å². The predicted molar refractivity (Wildman–Crippen MR) is 107 cm³/mol. The summed E-state index contributed by atoms with van der Waals surface area (Å²) in [5, 5.41) is 0.